The number of aromatic nitrogens is 2. The molecular weight excluding hydrogens is 596 g/mol. The van der Waals surface area contributed by atoms with Crippen molar-refractivity contribution >= 4 is 23.6 Å². The highest BCUT2D eigenvalue weighted by Crippen LogP contribution is 2.54. The summed E-state index contributed by atoms with van der Waals surface area (Å²) in [6.45, 7) is 8.51. The zero-order valence-electron chi connectivity index (χ0n) is 28.2. The van der Waals surface area contributed by atoms with Crippen molar-refractivity contribution in [3.8, 4) is 0 Å². The molecule has 1 spiro atoms. The molecule has 4 amide bonds. The average Bonchev–Trinajstić information content (AvgIpc) is 3.37. The molecule has 6 rings (SSSR count). The summed E-state index contributed by atoms with van der Waals surface area (Å²) in [6, 6.07) is 9.04. The van der Waals surface area contributed by atoms with Crippen molar-refractivity contribution in [3.05, 3.63) is 53.9 Å². The molecule has 0 bridgehead atoms. The van der Waals surface area contributed by atoms with Crippen molar-refractivity contribution in [1.82, 2.24) is 30.2 Å². The molecule has 254 valence electrons. The summed E-state index contributed by atoms with van der Waals surface area (Å²) in [4.78, 5) is 57.8. The fourth-order valence-corrected chi connectivity index (χ4v) is 7.84. The lowest BCUT2D eigenvalue weighted by Gasteiger charge is -2.50. The average molecular weight is 647 g/mol. The smallest absolute Gasteiger partial charge is 0.257 e. The van der Waals surface area contributed by atoms with Gasteiger partial charge in [-0.1, -0.05) is 63.4 Å². The number of rotatable bonds is 11. The number of likely N-dealkylation sites (tertiary alicyclic amines) is 2. The third-order valence-corrected chi connectivity index (χ3v) is 11.1. The predicted molar refractivity (Wildman–Crippen MR) is 176 cm³/mol. The van der Waals surface area contributed by atoms with Crippen LogP contribution in [0, 0.1) is 28.6 Å². The van der Waals surface area contributed by atoms with Gasteiger partial charge in [0, 0.05) is 57.4 Å². The summed E-state index contributed by atoms with van der Waals surface area (Å²) < 4.78 is 7.92. The van der Waals surface area contributed by atoms with E-state index >= 15 is 0 Å². The Bertz CT molecular complexity index is 1460. The molecule has 11 heteroatoms. The molecule has 0 unspecified atom stereocenters. The molecule has 4 fully saturated rings. The van der Waals surface area contributed by atoms with Crippen LogP contribution in [0.25, 0.3) is 0 Å². The van der Waals surface area contributed by atoms with E-state index in [4.69, 9.17) is 4.74 Å². The monoisotopic (exact) mass is 646 g/mol. The van der Waals surface area contributed by atoms with Gasteiger partial charge in [0.2, 0.25) is 17.7 Å². The molecule has 2 aromatic rings. The second kappa shape index (κ2) is 13.4. The van der Waals surface area contributed by atoms with Gasteiger partial charge in [-0.05, 0) is 43.1 Å². The zero-order chi connectivity index (χ0) is 33.3. The van der Waals surface area contributed by atoms with E-state index in [0.29, 0.717) is 44.3 Å². The quantitative estimate of drug-likeness (QED) is 0.387. The van der Waals surface area contributed by atoms with Crippen LogP contribution in [0.2, 0.25) is 0 Å². The molecule has 0 radical (unpaired) electrons. The van der Waals surface area contributed by atoms with Gasteiger partial charge in [-0.25, -0.2) is 0 Å². The Morgan fingerprint density at radius 1 is 1.00 bits per heavy atom. The first kappa shape index (κ1) is 33.2. The minimum absolute atomic E-state index is 0.00140. The molecule has 1 aromatic heterocycles. The van der Waals surface area contributed by atoms with Crippen LogP contribution >= 0.6 is 0 Å². The first-order chi connectivity index (χ1) is 22.5. The standard InChI is InChI=1S/C36H50N6O5/c1-24(47-20-26-13-9-6-10-14-26)30(32(44)37-4)39-31(43)29-19-40(21-36(29)22-41(23-36)34(46)28-15-35(28,2)3)33(45)27-16-38-42(18-27)17-25-11-7-5-8-12-25/h5,7-8,11-12,16,18,24,26,28-30H,6,9-10,13-15,17,19-23H2,1-4H3,(H,37,44)(H,39,43)/t24-,28-,29-,30+/m1/s1. The number of hydrogen-bond acceptors (Lipinski definition) is 6. The van der Waals surface area contributed by atoms with E-state index < -0.39 is 23.5 Å². The number of carbonyl (C=O) groups is 4. The lowest BCUT2D eigenvalue weighted by molar-refractivity contribution is -0.152. The second-order valence-electron chi connectivity index (χ2n) is 15.1. The molecule has 2 aliphatic heterocycles. The maximum Gasteiger partial charge on any atom is 0.257 e. The van der Waals surface area contributed by atoms with Gasteiger partial charge in [0.15, 0.2) is 0 Å². The molecule has 1 aromatic carbocycles. The Labute approximate surface area is 277 Å². The van der Waals surface area contributed by atoms with Crippen molar-refractivity contribution in [2.24, 2.45) is 28.6 Å². The topological polar surface area (TPSA) is 126 Å². The Hall–Kier alpha value is -3.73. The summed E-state index contributed by atoms with van der Waals surface area (Å²) in [5, 5.41) is 10.1. The molecule has 2 saturated carbocycles. The third-order valence-electron chi connectivity index (χ3n) is 11.1. The number of hydrogen-bond donors (Lipinski definition) is 2. The van der Waals surface area contributed by atoms with Crippen LogP contribution in [0.3, 0.4) is 0 Å². The first-order valence-electron chi connectivity index (χ1n) is 17.3. The van der Waals surface area contributed by atoms with E-state index in [9.17, 15) is 19.2 Å². The Balaban J connectivity index is 1.16. The highest BCUT2D eigenvalue weighted by atomic mass is 16.5. The normalized spacial score (nSPS) is 24.3. The Morgan fingerprint density at radius 3 is 2.34 bits per heavy atom. The second-order valence-corrected chi connectivity index (χ2v) is 15.1. The largest absolute Gasteiger partial charge is 0.376 e. The van der Waals surface area contributed by atoms with Crippen molar-refractivity contribution in [3.63, 3.8) is 0 Å². The van der Waals surface area contributed by atoms with Crippen molar-refractivity contribution in [1.29, 1.82) is 0 Å². The summed E-state index contributed by atoms with van der Waals surface area (Å²) in [6.07, 6.45) is 9.55. The van der Waals surface area contributed by atoms with E-state index in [1.165, 1.54) is 19.3 Å². The lowest BCUT2D eigenvalue weighted by atomic mass is 9.70. The molecule has 4 atom stereocenters. The molecule has 2 N–H and O–H groups in total. The summed E-state index contributed by atoms with van der Waals surface area (Å²) in [7, 11) is 1.56. The van der Waals surface area contributed by atoms with Crippen LogP contribution < -0.4 is 10.6 Å². The third kappa shape index (κ3) is 7.10. The summed E-state index contributed by atoms with van der Waals surface area (Å²) in [5.74, 6) is -0.792. The van der Waals surface area contributed by atoms with E-state index in [0.717, 1.165) is 24.8 Å². The molecule has 3 heterocycles. The number of benzene rings is 1. The molecule has 47 heavy (non-hydrogen) atoms. The fraction of sp³-hybridized carbons (Fsp3) is 0.639. The van der Waals surface area contributed by atoms with Crippen LogP contribution in [0.1, 0.15) is 75.2 Å². The van der Waals surface area contributed by atoms with Crippen LogP contribution in [0.5, 0.6) is 0 Å². The van der Waals surface area contributed by atoms with Gasteiger partial charge >= 0.3 is 0 Å². The van der Waals surface area contributed by atoms with Crippen LogP contribution in [-0.4, -0.2) is 95.2 Å². The highest BCUT2D eigenvalue weighted by molar-refractivity contribution is 5.95. The zero-order valence-corrected chi connectivity index (χ0v) is 28.2. The number of carbonyl (C=O) groups excluding carboxylic acids is 4. The van der Waals surface area contributed by atoms with Gasteiger partial charge in [-0.2, -0.15) is 5.10 Å². The van der Waals surface area contributed by atoms with Crippen LogP contribution in [0.15, 0.2) is 42.7 Å². The van der Waals surface area contributed by atoms with Gasteiger partial charge in [0.1, 0.15) is 6.04 Å². The number of nitrogens with one attached hydrogen (secondary N) is 2. The van der Waals surface area contributed by atoms with Gasteiger partial charge in [-0.15, -0.1) is 0 Å². The molecule has 4 aliphatic rings. The van der Waals surface area contributed by atoms with E-state index in [-0.39, 0.29) is 41.5 Å². The molecular formula is C36H50N6O5. The highest BCUT2D eigenvalue weighted by Gasteiger charge is 2.62. The van der Waals surface area contributed by atoms with Crippen LogP contribution in [-0.2, 0) is 25.7 Å². The maximum absolute atomic E-state index is 14.1. The number of nitrogens with zero attached hydrogens (tertiary/aromatic N) is 4. The van der Waals surface area contributed by atoms with E-state index in [2.05, 4.69) is 29.6 Å². The number of amides is 4. The molecule has 11 nitrogen and oxygen atoms in total. The SMILES string of the molecule is CNC(=O)[C@@H](NC(=O)[C@H]1CN(C(=O)c2cnn(Cc3ccccc3)c2)CC12CN(C(=O)[C@H]1CC1(C)C)C2)[C@@H](C)OCC1CCCCC1. The van der Waals surface area contributed by atoms with Gasteiger partial charge < -0.3 is 25.2 Å². The van der Waals surface area contributed by atoms with Gasteiger partial charge in [0.25, 0.3) is 5.91 Å². The first-order valence-corrected chi connectivity index (χ1v) is 17.3. The van der Waals surface area contributed by atoms with Gasteiger partial charge in [0.05, 0.1) is 30.3 Å². The van der Waals surface area contributed by atoms with E-state index in [1.807, 2.05) is 42.2 Å². The van der Waals surface area contributed by atoms with Crippen molar-refractivity contribution < 1.29 is 23.9 Å². The van der Waals surface area contributed by atoms with Crippen LogP contribution in [0.4, 0.5) is 0 Å². The molecule has 2 aliphatic carbocycles. The fourth-order valence-electron chi connectivity index (χ4n) is 7.84. The minimum Gasteiger partial charge on any atom is -0.376 e. The van der Waals surface area contributed by atoms with Crippen molar-refractivity contribution in [2.45, 2.75) is 78.0 Å². The molecule has 2 saturated heterocycles. The number of ether oxygens (including phenoxy) is 1. The van der Waals surface area contributed by atoms with E-state index in [1.54, 1.807) is 29.0 Å². The minimum atomic E-state index is -0.876. The Morgan fingerprint density at radius 2 is 1.68 bits per heavy atom. The van der Waals surface area contributed by atoms with Crippen molar-refractivity contribution in [2.75, 3.05) is 39.8 Å². The maximum atomic E-state index is 14.1. The predicted octanol–water partition coefficient (Wildman–Crippen LogP) is 3.09. The number of likely N-dealkylation sites (N-methyl/N-ethyl adjacent to an activating group) is 1. The lowest BCUT2D eigenvalue weighted by Crippen LogP contribution is -2.65. The summed E-state index contributed by atoms with van der Waals surface area (Å²) >= 11 is 0. The summed E-state index contributed by atoms with van der Waals surface area (Å²) in [5.41, 5.74) is 0.945. The Kier molecular flexibility index (Phi) is 9.47. The van der Waals surface area contributed by atoms with Gasteiger partial charge in [-0.3, -0.25) is 23.9 Å².